The summed E-state index contributed by atoms with van der Waals surface area (Å²) in [6, 6.07) is 8.24. The fourth-order valence-corrected chi connectivity index (χ4v) is 2.27. The highest BCUT2D eigenvalue weighted by Gasteiger charge is 2.04. The van der Waals surface area contributed by atoms with E-state index in [1.54, 1.807) is 17.5 Å². The van der Waals surface area contributed by atoms with E-state index in [2.05, 4.69) is 39.6 Å². The van der Waals surface area contributed by atoms with E-state index in [0.717, 1.165) is 21.2 Å². The number of nitrogens with zero attached hydrogens (tertiary/aromatic N) is 2. The molecule has 80 valence electrons. The van der Waals surface area contributed by atoms with E-state index in [1.807, 2.05) is 12.1 Å². The van der Waals surface area contributed by atoms with Crippen LogP contribution in [-0.4, -0.2) is 15.2 Å². The van der Waals surface area contributed by atoms with E-state index < -0.39 is 0 Å². The Kier molecular flexibility index (Phi) is 2.11. The summed E-state index contributed by atoms with van der Waals surface area (Å²) in [6.07, 6.45) is 1.79. The third-order valence-corrected chi connectivity index (χ3v) is 3.21. The quantitative estimate of drug-likeness (QED) is 0.711. The van der Waals surface area contributed by atoms with Gasteiger partial charge in [-0.3, -0.25) is 5.10 Å². The molecule has 0 spiro atoms. The number of aryl methyl sites for hydroxylation is 1. The van der Waals surface area contributed by atoms with Crippen molar-refractivity contribution in [2.24, 2.45) is 0 Å². The van der Waals surface area contributed by atoms with Gasteiger partial charge in [-0.15, -0.1) is 0 Å². The minimum absolute atomic E-state index is 0.833. The summed E-state index contributed by atoms with van der Waals surface area (Å²) < 4.78 is 1.06. The SMILES string of the molecule is Cc1ccc(Nc2nc3[nH]ncc3s2)cc1. The smallest absolute Gasteiger partial charge is 0.189 e. The van der Waals surface area contributed by atoms with Gasteiger partial charge in [-0.1, -0.05) is 29.0 Å². The Morgan fingerprint density at radius 2 is 2.06 bits per heavy atom. The molecule has 0 radical (unpaired) electrons. The van der Waals surface area contributed by atoms with E-state index in [1.165, 1.54) is 5.56 Å². The topological polar surface area (TPSA) is 53.6 Å². The molecule has 0 saturated carbocycles. The van der Waals surface area contributed by atoms with Crippen LogP contribution in [0.25, 0.3) is 10.3 Å². The molecule has 0 bridgehead atoms. The fraction of sp³-hybridized carbons (Fsp3) is 0.0909. The van der Waals surface area contributed by atoms with Gasteiger partial charge in [-0.2, -0.15) is 5.10 Å². The summed E-state index contributed by atoms with van der Waals surface area (Å²) in [7, 11) is 0. The van der Waals surface area contributed by atoms with Crippen molar-refractivity contribution >= 4 is 32.5 Å². The van der Waals surface area contributed by atoms with Crippen molar-refractivity contribution in [2.45, 2.75) is 6.92 Å². The van der Waals surface area contributed by atoms with Gasteiger partial charge in [0.1, 0.15) is 0 Å². The number of benzene rings is 1. The second-order valence-electron chi connectivity index (χ2n) is 3.59. The van der Waals surface area contributed by atoms with Gasteiger partial charge < -0.3 is 5.32 Å². The zero-order valence-electron chi connectivity index (χ0n) is 8.69. The van der Waals surface area contributed by atoms with Crippen molar-refractivity contribution in [3.8, 4) is 0 Å². The number of thiazole rings is 1. The van der Waals surface area contributed by atoms with Gasteiger partial charge in [0.25, 0.3) is 0 Å². The summed E-state index contributed by atoms with van der Waals surface area (Å²) in [4.78, 5) is 4.38. The summed E-state index contributed by atoms with van der Waals surface area (Å²) in [5.74, 6) is 0. The van der Waals surface area contributed by atoms with Gasteiger partial charge in [0.05, 0.1) is 10.9 Å². The van der Waals surface area contributed by atoms with E-state index in [9.17, 15) is 0 Å². The first-order valence-corrected chi connectivity index (χ1v) is 5.76. The molecule has 4 nitrogen and oxygen atoms in total. The Bertz CT molecular complexity index is 580. The Morgan fingerprint density at radius 1 is 1.25 bits per heavy atom. The van der Waals surface area contributed by atoms with Crippen molar-refractivity contribution in [2.75, 3.05) is 5.32 Å². The molecular weight excluding hydrogens is 220 g/mol. The maximum Gasteiger partial charge on any atom is 0.189 e. The van der Waals surface area contributed by atoms with Crippen LogP contribution in [-0.2, 0) is 0 Å². The van der Waals surface area contributed by atoms with Crippen LogP contribution >= 0.6 is 11.3 Å². The van der Waals surface area contributed by atoms with Crippen LogP contribution in [0.4, 0.5) is 10.8 Å². The third-order valence-electron chi connectivity index (χ3n) is 2.31. The maximum absolute atomic E-state index is 4.38. The molecule has 0 atom stereocenters. The standard InChI is InChI=1S/C11H10N4S/c1-7-2-4-8(5-3-7)13-11-14-10-9(16-11)6-12-15-10/h2-6H,1H3,(H2,12,13,14,15). The molecule has 1 aromatic carbocycles. The Labute approximate surface area is 96.3 Å². The van der Waals surface area contributed by atoms with Crippen molar-refractivity contribution in [1.82, 2.24) is 15.2 Å². The van der Waals surface area contributed by atoms with Crippen LogP contribution in [0.3, 0.4) is 0 Å². The monoisotopic (exact) mass is 230 g/mol. The predicted molar refractivity (Wildman–Crippen MR) is 66.2 cm³/mol. The molecule has 2 N–H and O–H groups in total. The van der Waals surface area contributed by atoms with Crippen LogP contribution in [0, 0.1) is 6.92 Å². The van der Waals surface area contributed by atoms with Gasteiger partial charge in [0, 0.05) is 5.69 Å². The lowest BCUT2D eigenvalue weighted by atomic mass is 10.2. The van der Waals surface area contributed by atoms with Crippen molar-refractivity contribution in [1.29, 1.82) is 0 Å². The molecule has 5 heteroatoms. The largest absolute Gasteiger partial charge is 0.331 e. The van der Waals surface area contributed by atoms with Crippen LogP contribution in [0.15, 0.2) is 30.5 Å². The molecule has 3 rings (SSSR count). The van der Waals surface area contributed by atoms with Gasteiger partial charge in [0.15, 0.2) is 10.8 Å². The lowest BCUT2D eigenvalue weighted by molar-refractivity contribution is 1.10. The summed E-state index contributed by atoms with van der Waals surface area (Å²) in [5, 5.41) is 10.9. The van der Waals surface area contributed by atoms with Gasteiger partial charge in [-0.05, 0) is 19.1 Å². The lowest BCUT2D eigenvalue weighted by Crippen LogP contribution is -1.88. The molecule has 2 heterocycles. The normalized spacial score (nSPS) is 10.8. The summed E-state index contributed by atoms with van der Waals surface area (Å²) in [5.41, 5.74) is 3.13. The van der Waals surface area contributed by atoms with Gasteiger partial charge in [-0.25, -0.2) is 4.98 Å². The average molecular weight is 230 g/mol. The third kappa shape index (κ3) is 1.65. The molecule has 0 saturated heterocycles. The van der Waals surface area contributed by atoms with Crippen LogP contribution in [0.2, 0.25) is 0 Å². The number of rotatable bonds is 2. The summed E-state index contributed by atoms with van der Waals surface area (Å²) >= 11 is 1.59. The minimum Gasteiger partial charge on any atom is -0.331 e. The molecule has 0 aliphatic carbocycles. The zero-order valence-corrected chi connectivity index (χ0v) is 9.51. The Morgan fingerprint density at radius 3 is 2.81 bits per heavy atom. The Hall–Kier alpha value is -1.88. The number of H-pyrrole nitrogens is 1. The highest BCUT2D eigenvalue weighted by molar-refractivity contribution is 7.22. The number of fused-ring (bicyclic) bond motifs is 1. The van der Waals surface area contributed by atoms with Crippen LogP contribution in [0.1, 0.15) is 5.56 Å². The first-order valence-electron chi connectivity index (χ1n) is 4.95. The van der Waals surface area contributed by atoms with E-state index in [-0.39, 0.29) is 0 Å². The molecule has 0 aliphatic heterocycles. The lowest BCUT2D eigenvalue weighted by Gasteiger charge is -2.01. The highest BCUT2D eigenvalue weighted by Crippen LogP contribution is 2.26. The highest BCUT2D eigenvalue weighted by atomic mass is 32.1. The number of anilines is 2. The number of hydrogen-bond acceptors (Lipinski definition) is 4. The number of nitrogens with one attached hydrogen (secondary N) is 2. The molecule has 3 aromatic rings. The predicted octanol–water partition coefficient (Wildman–Crippen LogP) is 3.07. The van der Waals surface area contributed by atoms with Gasteiger partial charge in [0.2, 0.25) is 0 Å². The molecule has 0 unspecified atom stereocenters. The van der Waals surface area contributed by atoms with Crippen molar-refractivity contribution in [3.63, 3.8) is 0 Å². The van der Waals surface area contributed by atoms with Gasteiger partial charge >= 0.3 is 0 Å². The second-order valence-corrected chi connectivity index (χ2v) is 4.62. The first-order chi connectivity index (χ1) is 7.81. The number of aromatic nitrogens is 3. The van der Waals surface area contributed by atoms with Crippen molar-refractivity contribution in [3.05, 3.63) is 36.0 Å². The zero-order chi connectivity index (χ0) is 11.0. The van der Waals surface area contributed by atoms with E-state index in [4.69, 9.17) is 0 Å². The Balaban J connectivity index is 1.89. The molecule has 0 fully saturated rings. The van der Waals surface area contributed by atoms with Crippen molar-refractivity contribution < 1.29 is 0 Å². The van der Waals surface area contributed by atoms with E-state index >= 15 is 0 Å². The molecule has 0 amide bonds. The number of aromatic amines is 1. The molecular formula is C11H10N4S. The number of hydrogen-bond donors (Lipinski definition) is 2. The summed E-state index contributed by atoms with van der Waals surface area (Å²) in [6.45, 7) is 2.07. The molecule has 16 heavy (non-hydrogen) atoms. The first kappa shape index (κ1) is 9.35. The minimum atomic E-state index is 0.833. The molecule has 2 aromatic heterocycles. The van der Waals surface area contributed by atoms with E-state index in [0.29, 0.717) is 0 Å². The average Bonchev–Trinajstić information content (AvgIpc) is 2.81. The van der Waals surface area contributed by atoms with Crippen LogP contribution < -0.4 is 5.32 Å². The molecule has 0 aliphatic rings. The second kappa shape index (κ2) is 3.61. The van der Waals surface area contributed by atoms with Crippen LogP contribution in [0.5, 0.6) is 0 Å². The fourth-order valence-electron chi connectivity index (χ4n) is 1.47. The maximum atomic E-state index is 4.38.